The van der Waals surface area contributed by atoms with Crippen molar-refractivity contribution in [1.29, 1.82) is 0 Å². The van der Waals surface area contributed by atoms with Crippen LogP contribution in [0, 0.1) is 0 Å². The van der Waals surface area contributed by atoms with Gasteiger partial charge in [0.05, 0.1) is 5.41 Å². The molecule has 0 aromatic carbocycles. The Morgan fingerprint density at radius 2 is 2.17 bits per heavy atom. The van der Waals surface area contributed by atoms with Crippen LogP contribution in [0.5, 0.6) is 0 Å². The molecule has 2 heterocycles. The predicted octanol–water partition coefficient (Wildman–Crippen LogP) is 1.62. The molecule has 1 aliphatic carbocycles. The van der Waals surface area contributed by atoms with E-state index in [1.54, 1.807) is 12.4 Å². The lowest BCUT2D eigenvalue weighted by molar-refractivity contribution is 0.220. The summed E-state index contributed by atoms with van der Waals surface area (Å²) in [5, 5.41) is 3.99. The van der Waals surface area contributed by atoms with Crippen molar-refractivity contribution in [2.45, 2.75) is 37.5 Å². The Balaban J connectivity index is 1.92. The first-order chi connectivity index (χ1) is 8.84. The van der Waals surface area contributed by atoms with Gasteiger partial charge in [-0.1, -0.05) is 24.4 Å². The molecule has 0 saturated heterocycles. The molecular weight excluding hydrogens is 230 g/mol. The maximum Gasteiger partial charge on any atom is 0.238 e. The van der Waals surface area contributed by atoms with Crippen LogP contribution < -0.4 is 5.73 Å². The number of imidazole rings is 1. The third kappa shape index (κ3) is 1.82. The molecule has 2 aromatic heterocycles. The highest BCUT2D eigenvalue weighted by Crippen LogP contribution is 2.38. The van der Waals surface area contributed by atoms with Gasteiger partial charge in [-0.25, -0.2) is 4.98 Å². The molecule has 0 radical (unpaired) electrons. The summed E-state index contributed by atoms with van der Waals surface area (Å²) in [6, 6.07) is 0. The molecule has 0 bridgehead atoms. The fourth-order valence-electron chi connectivity index (χ4n) is 2.66. The van der Waals surface area contributed by atoms with E-state index in [1.165, 1.54) is 19.3 Å². The molecule has 0 spiro atoms. The molecule has 18 heavy (non-hydrogen) atoms. The van der Waals surface area contributed by atoms with Gasteiger partial charge in [0.25, 0.3) is 0 Å². The minimum Gasteiger partial charge on any atom is -0.342 e. The van der Waals surface area contributed by atoms with E-state index in [-0.39, 0.29) is 5.41 Å². The number of nitrogens with one attached hydrogen (secondary N) is 1. The molecule has 1 saturated carbocycles. The van der Waals surface area contributed by atoms with Crippen LogP contribution in [0.15, 0.2) is 16.9 Å². The summed E-state index contributed by atoms with van der Waals surface area (Å²) >= 11 is 0. The van der Waals surface area contributed by atoms with Gasteiger partial charge in [0, 0.05) is 18.9 Å². The van der Waals surface area contributed by atoms with Crippen LogP contribution in [0.4, 0.5) is 0 Å². The van der Waals surface area contributed by atoms with Gasteiger partial charge in [-0.05, 0) is 12.8 Å². The van der Waals surface area contributed by atoms with E-state index >= 15 is 0 Å². The van der Waals surface area contributed by atoms with Crippen molar-refractivity contribution in [2.24, 2.45) is 5.73 Å². The summed E-state index contributed by atoms with van der Waals surface area (Å²) in [5.74, 6) is 1.80. The van der Waals surface area contributed by atoms with Crippen LogP contribution in [0.1, 0.15) is 38.0 Å². The van der Waals surface area contributed by atoms with Crippen molar-refractivity contribution in [3.8, 4) is 11.6 Å². The molecule has 1 aliphatic rings. The maximum absolute atomic E-state index is 5.95. The third-order valence-corrected chi connectivity index (χ3v) is 3.79. The van der Waals surface area contributed by atoms with Gasteiger partial charge in [0.1, 0.15) is 0 Å². The molecule has 2 aromatic rings. The first-order valence-electron chi connectivity index (χ1n) is 6.38. The number of nitrogens with two attached hydrogens (primary N) is 1. The van der Waals surface area contributed by atoms with Crippen LogP contribution in [0.2, 0.25) is 0 Å². The van der Waals surface area contributed by atoms with Crippen molar-refractivity contribution in [3.63, 3.8) is 0 Å². The first-order valence-corrected chi connectivity index (χ1v) is 6.38. The largest absolute Gasteiger partial charge is 0.342 e. The zero-order valence-corrected chi connectivity index (χ0v) is 10.2. The average Bonchev–Trinajstić information content (AvgIpc) is 3.10. The Hall–Kier alpha value is -1.69. The Kier molecular flexibility index (Phi) is 2.87. The van der Waals surface area contributed by atoms with Crippen molar-refractivity contribution in [3.05, 3.63) is 18.3 Å². The number of H-pyrrole nitrogens is 1. The average molecular weight is 247 g/mol. The second kappa shape index (κ2) is 4.53. The zero-order valence-electron chi connectivity index (χ0n) is 10.2. The molecule has 3 rings (SSSR count). The monoisotopic (exact) mass is 247 g/mol. The Morgan fingerprint density at radius 1 is 1.33 bits per heavy atom. The molecule has 96 valence electrons. The summed E-state index contributed by atoms with van der Waals surface area (Å²) in [6.07, 6.45) is 9.09. The summed E-state index contributed by atoms with van der Waals surface area (Å²) < 4.78 is 5.42. The SMILES string of the molecule is NCC1(c2nc(-c3ncc[nH]3)no2)CCCCC1. The lowest BCUT2D eigenvalue weighted by Gasteiger charge is -2.32. The third-order valence-electron chi connectivity index (χ3n) is 3.79. The Labute approximate surface area is 105 Å². The van der Waals surface area contributed by atoms with E-state index in [9.17, 15) is 0 Å². The van der Waals surface area contributed by atoms with Crippen LogP contribution >= 0.6 is 0 Å². The Bertz CT molecular complexity index is 498. The highest BCUT2D eigenvalue weighted by atomic mass is 16.5. The molecular formula is C12H17N5O. The lowest BCUT2D eigenvalue weighted by atomic mass is 9.74. The van der Waals surface area contributed by atoms with Crippen LogP contribution in [-0.4, -0.2) is 26.7 Å². The van der Waals surface area contributed by atoms with Crippen molar-refractivity contribution >= 4 is 0 Å². The minimum absolute atomic E-state index is 0.129. The topological polar surface area (TPSA) is 93.6 Å². The van der Waals surface area contributed by atoms with Crippen LogP contribution in [0.25, 0.3) is 11.6 Å². The molecule has 0 aliphatic heterocycles. The van der Waals surface area contributed by atoms with E-state index < -0.39 is 0 Å². The van der Waals surface area contributed by atoms with E-state index in [0.717, 1.165) is 12.8 Å². The fourth-order valence-corrected chi connectivity index (χ4v) is 2.66. The quantitative estimate of drug-likeness (QED) is 0.859. The van der Waals surface area contributed by atoms with Crippen LogP contribution in [0.3, 0.4) is 0 Å². The standard InChI is InChI=1S/C12H17N5O/c13-8-12(4-2-1-3-5-12)11-16-10(17-18-11)9-14-6-7-15-9/h6-7H,1-5,8,13H2,(H,14,15). The number of rotatable bonds is 3. The number of hydrogen-bond acceptors (Lipinski definition) is 5. The van der Waals surface area contributed by atoms with Gasteiger partial charge in [-0.3, -0.25) is 0 Å². The zero-order chi connectivity index (χ0) is 12.4. The maximum atomic E-state index is 5.95. The molecule has 0 unspecified atom stereocenters. The van der Waals surface area contributed by atoms with E-state index in [2.05, 4.69) is 20.1 Å². The highest BCUT2D eigenvalue weighted by molar-refractivity contribution is 5.41. The van der Waals surface area contributed by atoms with Gasteiger partial charge in [-0.15, -0.1) is 0 Å². The summed E-state index contributed by atoms with van der Waals surface area (Å²) in [7, 11) is 0. The number of aromatic nitrogens is 4. The normalized spacial score (nSPS) is 18.9. The molecule has 3 N–H and O–H groups in total. The predicted molar refractivity (Wildman–Crippen MR) is 65.7 cm³/mol. The van der Waals surface area contributed by atoms with Crippen LogP contribution in [-0.2, 0) is 5.41 Å². The number of aromatic amines is 1. The van der Waals surface area contributed by atoms with E-state index in [0.29, 0.717) is 24.1 Å². The lowest BCUT2D eigenvalue weighted by Crippen LogP contribution is -2.37. The summed E-state index contributed by atoms with van der Waals surface area (Å²) in [5.41, 5.74) is 5.82. The summed E-state index contributed by atoms with van der Waals surface area (Å²) in [6.45, 7) is 0.562. The second-order valence-corrected chi connectivity index (χ2v) is 4.91. The van der Waals surface area contributed by atoms with E-state index in [1.807, 2.05) is 0 Å². The van der Waals surface area contributed by atoms with Crippen molar-refractivity contribution in [1.82, 2.24) is 20.1 Å². The molecule has 1 fully saturated rings. The fraction of sp³-hybridized carbons (Fsp3) is 0.583. The van der Waals surface area contributed by atoms with Gasteiger partial charge < -0.3 is 15.2 Å². The van der Waals surface area contributed by atoms with Gasteiger partial charge in [0.15, 0.2) is 5.82 Å². The molecule has 6 heteroatoms. The van der Waals surface area contributed by atoms with Crippen molar-refractivity contribution in [2.75, 3.05) is 6.54 Å². The smallest absolute Gasteiger partial charge is 0.238 e. The molecule has 0 atom stereocenters. The van der Waals surface area contributed by atoms with Crippen molar-refractivity contribution < 1.29 is 4.52 Å². The van der Waals surface area contributed by atoms with Gasteiger partial charge in [-0.2, -0.15) is 4.98 Å². The van der Waals surface area contributed by atoms with Gasteiger partial charge >= 0.3 is 0 Å². The number of nitrogens with zero attached hydrogens (tertiary/aromatic N) is 3. The highest BCUT2D eigenvalue weighted by Gasteiger charge is 2.38. The Morgan fingerprint density at radius 3 is 2.83 bits per heavy atom. The first kappa shape index (κ1) is 11.4. The molecule has 6 nitrogen and oxygen atoms in total. The molecule has 0 amide bonds. The summed E-state index contributed by atoms with van der Waals surface area (Å²) in [4.78, 5) is 11.6. The van der Waals surface area contributed by atoms with E-state index in [4.69, 9.17) is 10.3 Å². The minimum atomic E-state index is -0.129. The second-order valence-electron chi connectivity index (χ2n) is 4.91. The van der Waals surface area contributed by atoms with Gasteiger partial charge in [0.2, 0.25) is 11.7 Å². The number of hydrogen-bond donors (Lipinski definition) is 2.